The van der Waals surface area contributed by atoms with Gasteiger partial charge in [0.25, 0.3) is 0 Å². The number of furan rings is 1. The number of halogens is 1. The number of nitrogens with zero attached hydrogens (tertiary/aromatic N) is 1. The van der Waals surface area contributed by atoms with Crippen LogP contribution in [0.4, 0.5) is 4.39 Å². The summed E-state index contributed by atoms with van der Waals surface area (Å²) in [5, 5.41) is 1.32. The van der Waals surface area contributed by atoms with E-state index in [1.54, 1.807) is 17.7 Å². The van der Waals surface area contributed by atoms with Gasteiger partial charge in [0.05, 0.1) is 5.56 Å². The molecule has 1 aliphatic carbocycles. The molecule has 0 radical (unpaired) electrons. The molecule has 3 heteroatoms. The third-order valence-corrected chi connectivity index (χ3v) is 5.83. The highest BCUT2D eigenvalue weighted by atomic mass is 19.1. The summed E-state index contributed by atoms with van der Waals surface area (Å²) in [5.41, 5.74) is 3.73. The lowest BCUT2D eigenvalue weighted by Crippen LogP contribution is -2.30. The minimum atomic E-state index is -2.36. The largest absolute Gasteiger partial charge is 0.455 e. The van der Waals surface area contributed by atoms with Crippen molar-refractivity contribution in [2.24, 2.45) is 7.05 Å². The number of rotatable bonds is 2. The van der Waals surface area contributed by atoms with Crippen LogP contribution in [-0.2, 0) is 7.05 Å². The molecule has 1 saturated carbocycles. The Balaban J connectivity index is 1.87. The van der Waals surface area contributed by atoms with Crippen molar-refractivity contribution >= 4 is 21.9 Å². The number of pyridine rings is 1. The zero-order valence-corrected chi connectivity index (χ0v) is 16.0. The van der Waals surface area contributed by atoms with Gasteiger partial charge in [-0.05, 0) is 55.8 Å². The number of aromatic nitrogens is 1. The number of hydrogen-bond donors (Lipinski definition) is 0. The molecule has 142 valence electrons. The second-order valence-corrected chi connectivity index (χ2v) is 7.69. The van der Waals surface area contributed by atoms with Crippen LogP contribution in [0.3, 0.4) is 0 Å². The summed E-state index contributed by atoms with van der Waals surface area (Å²) in [6.07, 6.45) is 3.24. The molecule has 0 unspecified atom stereocenters. The summed E-state index contributed by atoms with van der Waals surface area (Å²) in [6.45, 7) is -0.455. The third-order valence-electron chi connectivity index (χ3n) is 5.83. The van der Waals surface area contributed by atoms with Crippen molar-refractivity contribution in [3.8, 4) is 11.3 Å². The van der Waals surface area contributed by atoms with Gasteiger partial charge < -0.3 is 4.42 Å². The van der Waals surface area contributed by atoms with E-state index in [1.165, 1.54) is 18.2 Å². The normalized spacial score (nSPS) is 19.3. The Morgan fingerprint density at radius 1 is 1.14 bits per heavy atom. The maximum Gasteiger partial charge on any atom is 0.216 e. The van der Waals surface area contributed by atoms with Crippen LogP contribution in [0.1, 0.15) is 55.1 Å². The Labute approximate surface area is 171 Å². The topological polar surface area (TPSA) is 17.0 Å². The van der Waals surface area contributed by atoms with Gasteiger partial charge in [0.1, 0.15) is 25.4 Å². The Morgan fingerprint density at radius 2 is 1.96 bits per heavy atom. The number of hydrogen-bond acceptors (Lipinski definition) is 1. The van der Waals surface area contributed by atoms with Gasteiger partial charge in [-0.3, -0.25) is 0 Å². The van der Waals surface area contributed by atoms with E-state index < -0.39 is 18.6 Å². The molecular formula is C25H25FNO+. The Kier molecular flexibility index (Phi) is 2.92. The van der Waals surface area contributed by atoms with Gasteiger partial charge >= 0.3 is 0 Å². The molecule has 2 aromatic heterocycles. The molecule has 4 aromatic rings. The van der Waals surface area contributed by atoms with Crippen LogP contribution in [0.15, 0.2) is 47.0 Å². The minimum Gasteiger partial charge on any atom is -0.455 e. The second-order valence-electron chi connectivity index (χ2n) is 7.69. The van der Waals surface area contributed by atoms with Gasteiger partial charge in [-0.25, -0.2) is 8.96 Å². The molecule has 0 spiro atoms. The molecule has 2 aromatic carbocycles. The van der Waals surface area contributed by atoms with Crippen LogP contribution in [0.5, 0.6) is 0 Å². The number of benzene rings is 2. The van der Waals surface area contributed by atoms with E-state index in [2.05, 4.69) is 0 Å². The van der Waals surface area contributed by atoms with Gasteiger partial charge in [0, 0.05) is 34.0 Å². The predicted octanol–water partition coefficient (Wildman–Crippen LogP) is 6.49. The lowest BCUT2D eigenvalue weighted by Gasteiger charge is -2.10. The smallest absolute Gasteiger partial charge is 0.216 e. The van der Waals surface area contributed by atoms with Crippen LogP contribution in [0.25, 0.3) is 33.2 Å². The highest BCUT2D eigenvalue weighted by molar-refractivity contribution is 6.10. The van der Waals surface area contributed by atoms with Crippen molar-refractivity contribution in [3.63, 3.8) is 0 Å². The number of aryl methyl sites for hydroxylation is 2. The molecule has 0 N–H and O–H groups in total. The maximum absolute atomic E-state index is 14.7. The van der Waals surface area contributed by atoms with Crippen molar-refractivity contribution in [1.82, 2.24) is 0 Å². The van der Waals surface area contributed by atoms with E-state index in [9.17, 15) is 4.39 Å². The molecule has 0 atom stereocenters. The van der Waals surface area contributed by atoms with Crippen molar-refractivity contribution < 1.29 is 20.2 Å². The molecule has 0 amide bonds. The fourth-order valence-corrected chi connectivity index (χ4v) is 4.42. The fourth-order valence-electron chi connectivity index (χ4n) is 4.42. The molecular weight excluding hydrogens is 349 g/mol. The van der Waals surface area contributed by atoms with E-state index in [0.717, 1.165) is 18.4 Å². The SMILES string of the molecule is [2H]c1cc(C([2H])([2H])[2H])cc(-c2c(C)ccc3c2oc2c(C4([2H])CCCC4)cc(F)cc23)[n+]1C. The molecule has 1 aliphatic rings. The molecule has 0 bridgehead atoms. The zero-order chi connectivity index (χ0) is 23.7. The Bertz CT molecular complexity index is 1420. The predicted molar refractivity (Wildman–Crippen MR) is 111 cm³/mol. The summed E-state index contributed by atoms with van der Waals surface area (Å²) in [6, 6.07) is 9.56. The Hall–Kier alpha value is -2.68. The van der Waals surface area contributed by atoms with E-state index in [-0.39, 0.29) is 11.7 Å². The first-order valence-electron chi connectivity index (χ1n) is 12.2. The average Bonchev–Trinajstić information content (AvgIpc) is 3.33. The van der Waals surface area contributed by atoms with E-state index in [4.69, 9.17) is 11.3 Å². The molecule has 1 fully saturated rings. The lowest BCUT2D eigenvalue weighted by atomic mass is 9.94. The summed E-state index contributed by atoms with van der Waals surface area (Å²) in [4.78, 5) is 0. The van der Waals surface area contributed by atoms with Crippen molar-refractivity contribution in [3.05, 3.63) is 65.1 Å². The van der Waals surface area contributed by atoms with Gasteiger partial charge in [-0.2, -0.15) is 0 Å². The van der Waals surface area contributed by atoms with Crippen molar-refractivity contribution in [2.45, 2.75) is 45.4 Å². The van der Waals surface area contributed by atoms with Crippen LogP contribution >= 0.6 is 0 Å². The molecule has 0 aliphatic heterocycles. The van der Waals surface area contributed by atoms with Gasteiger partial charge in [0.2, 0.25) is 5.69 Å². The zero-order valence-electron chi connectivity index (χ0n) is 21.0. The third kappa shape index (κ3) is 2.64. The highest BCUT2D eigenvalue weighted by Crippen LogP contribution is 2.43. The first kappa shape index (κ1) is 12.7. The maximum atomic E-state index is 14.7. The van der Waals surface area contributed by atoms with Crippen LogP contribution in [0, 0.1) is 19.6 Å². The summed E-state index contributed by atoms with van der Waals surface area (Å²) >= 11 is 0. The molecule has 28 heavy (non-hydrogen) atoms. The van der Waals surface area contributed by atoms with Crippen molar-refractivity contribution in [1.29, 1.82) is 0 Å². The summed E-state index contributed by atoms with van der Waals surface area (Å²) in [7, 11) is 1.71. The number of fused-ring (bicyclic) bond motifs is 3. The first-order chi connectivity index (χ1) is 15.5. The van der Waals surface area contributed by atoms with Crippen LogP contribution in [-0.4, -0.2) is 0 Å². The van der Waals surface area contributed by atoms with Gasteiger partial charge in [-0.15, -0.1) is 0 Å². The minimum absolute atomic E-state index is 0.0638. The quantitative estimate of drug-likeness (QED) is 0.364. The summed E-state index contributed by atoms with van der Waals surface area (Å²) < 4.78 is 63.5. The monoisotopic (exact) mass is 379 g/mol. The lowest BCUT2D eigenvalue weighted by molar-refractivity contribution is -0.660. The molecule has 2 nitrogen and oxygen atoms in total. The fraction of sp³-hybridized carbons (Fsp3) is 0.320. The van der Waals surface area contributed by atoms with Crippen LogP contribution in [0.2, 0.25) is 0 Å². The average molecular weight is 380 g/mol. The van der Waals surface area contributed by atoms with Crippen molar-refractivity contribution in [2.75, 3.05) is 0 Å². The molecule has 2 heterocycles. The van der Waals surface area contributed by atoms with E-state index in [0.29, 0.717) is 51.6 Å². The highest BCUT2D eigenvalue weighted by Gasteiger charge is 2.25. The van der Waals surface area contributed by atoms with Crippen LogP contribution < -0.4 is 4.57 Å². The van der Waals surface area contributed by atoms with E-state index in [1.807, 2.05) is 19.1 Å². The molecule has 0 saturated heterocycles. The molecule has 5 rings (SSSR count). The summed E-state index contributed by atoms with van der Waals surface area (Å²) in [5.74, 6) is -1.28. The standard InChI is InChI=1S/C25H25FNO/c1-15-10-11-27(3)22(12-15)23-16(2)8-9-19-21-14-18(26)13-20(17-6-4-5-7-17)24(21)28-25(19)23/h8-14,17H,4-7H2,1-3H3/q+1/i1D3,11D,17D. The first-order valence-corrected chi connectivity index (χ1v) is 9.67. The van der Waals surface area contributed by atoms with E-state index >= 15 is 0 Å². The Morgan fingerprint density at radius 3 is 2.75 bits per heavy atom. The van der Waals surface area contributed by atoms with Gasteiger partial charge in [0.15, 0.2) is 6.17 Å². The second kappa shape index (κ2) is 6.44. The van der Waals surface area contributed by atoms with Gasteiger partial charge in [-0.1, -0.05) is 25.0 Å².